The van der Waals surface area contributed by atoms with Crippen LogP contribution in [0.2, 0.25) is 0 Å². The van der Waals surface area contributed by atoms with Crippen molar-refractivity contribution in [1.82, 2.24) is 9.55 Å². The summed E-state index contributed by atoms with van der Waals surface area (Å²) in [5.74, 6) is 0.405. The summed E-state index contributed by atoms with van der Waals surface area (Å²) >= 11 is 0. The van der Waals surface area contributed by atoms with Gasteiger partial charge in [-0.15, -0.1) is 0 Å². The quantitative estimate of drug-likeness (QED) is 0.516. The van der Waals surface area contributed by atoms with Gasteiger partial charge >= 0.3 is 13.5 Å². The van der Waals surface area contributed by atoms with Crippen molar-refractivity contribution in [1.29, 1.82) is 0 Å². The van der Waals surface area contributed by atoms with Gasteiger partial charge in [-0.2, -0.15) is 0 Å². The molecule has 30 heavy (non-hydrogen) atoms. The van der Waals surface area contributed by atoms with Crippen molar-refractivity contribution in [2.24, 2.45) is 0 Å². The Morgan fingerprint density at radius 2 is 2.17 bits per heavy atom. The summed E-state index contributed by atoms with van der Waals surface area (Å²) in [7, 11) is -3.82. The predicted molar refractivity (Wildman–Crippen MR) is 105 cm³/mol. The zero-order valence-electron chi connectivity index (χ0n) is 16.1. The molecule has 3 heterocycles. The Bertz CT molecular complexity index is 1140. The number of nitrogens with zero attached hydrogens (tertiary/aromatic N) is 1. The van der Waals surface area contributed by atoms with Gasteiger partial charge in [-0.3, -0.25) is 23.4 Å². The molecule has 0 aliphatic carbocycles. The van der Waals surface area contributed by atoms with Crippen molar-refractivity contribution in [2.45, 2.75) is 32.3 Å². The van der Waals surface area contributed by atoms with Gasteiger partial charge in [0.25, 0.3) is 5.56 Å². The predicted octanol–water partition coefficient (Wildman–Crippen LogP) is 1.57. The topological polar surface area (TPSA) is 129 Å². The maximum absolute atomic E-state index is 12.8. The minimum Gasteiger partial charge on any atom is -0.404 e. The van der Waals surface area contributed by atoms with Crippen LogP contribution in [0.4, 0.5) is 0 Å². The number of nitrogens with one attached hydrogen (secondary N) is 1. The number of aromatic amines is 1. The van der Waals surface area contributed by atoms with Gasteiger partial charge in [0.2, 0.25) is 0 Å². The minimum atomic E-state index is -3.82. The number of fused-ring (bicyclic) bond motifs is 1. The number of aryl methyl sites for hydroxylation is 1. The van der Waals surface area contributed by atoms with Crippen LogP contribution in [0.1, 0.15) is 22.9 Å². The van der Waals surface area contributed by atoms with Crippen molar-refractivity contribution in [3.05, 3.63) is 74.1 Å². The normalized spacial score (nSPS) is 25.1. The van der Waals surface area contributed by atoms with Gasteiger partial charge in [0.15, 0.2) is 6.23 Å². The SMILES string of the molecule is Cc1cn([C@H]2C=C[C@@H](COP3(=O)OCc4cc(CCO)ccc4O3)O2)c(=O)[nH]c1=O. The molecule has 0 radical (unpaired) electrons. The molecule has 2 aliphatic rings. The number of rotatable bonds is 6. The summed E-state index contributed by atoms with van der Waals surface area (Å²) in [5, 5.41) is 9.03. The third-order valence-electron chi connectivity index (χ3n) is 4.74. The van der Waals surface area contributed by atoms with Crippen LogP contribution in [-0.2, 0) is 31.4 Å². The highest BCUT2D eigenvalue weighted by atomic mass is 31.2. The van der Waals surface area contributed by atoms with E-state index in [0.29, 0.717) is 17.7 Å². The number of phosphoric ester groups is 1. The lowest BCUT2D eigenvalue weighted by Gasteiger charge is -2.26. The summed E-state index contributed by atoms with van der Waals surface area (Å²) in [4.78, 5) is 25.7. The molecule has 10 nitrogen and oxygen atoms in total. The molecule has 2 aromatic rings. The first-order valence-corrected chi connectivity index (χ1v) is 10.8. The molecular formula is C19H21N2O8P. The number of H-pyrrole nitrogens is 1. The van der Waals surface area contributed by atoms with Crippen LogP contribution in [0.3, 0.4) is 0 Å². The van der Waals surface area contributed by atoms with E-state index in [4.69, 9.17) is 23.4 Å². The third kappa shape index (κ3) is 4.33. The van der Waals surface area contributed by atoms with E-state index in [1.807, 2.05) is 6.07 Å². The summed E-state index contributed by atoms with van der Waals surface area (Å²) in [6.07, 6.45) is 3.93. The highest BCUT2D eigenvalue weighted by molar-refractivity contribution is 7.49. The number of hydrogen-bond donors (Lipinski definition) is 2. The number of aromatic nitrogens is 2. The van der Waals surface area contributed by atoms with Crippen molar-refractivity contribution in [3.63, 3.8) is 0 Å². The van der Waals surface area contributed by atoms with Gasteiger partial charge in [-0.1, -0.05) is 12.1 Å². The average molecular weight is 436 g/mol. The van der Waals surface area contributed by atoms with Gasteiger partial charge in [-0.25, -0.2) is 9.36 Å². The molecule has 0 spiro atoms. The molecule has 0 amide bonds. The van der Waals surface area contributed by atoms with Crippen molar-refractivity contribution >= 4 is 7.82 Å². The summed E-state index contributed by atoms with van der Waals surface area (Å²) < 4.78 is 35.9. The molecular weight excluding hydrogens is 415 g/mol. The second-order valence-electron chi connectivity index (χ2n) is 6.95. The van der Waals surface area contributed by atoms with E-state index >= 15 is 0 Å². The third-order valence-corrected chi connectivity index (χ3v) is 6.07. The number of aliphatic hydroxyl groups is 1. The van der Waals surface area contributed by atoms with Gasteiger partial charge in [0.05, 0.1) is 13.2 Å². The highest BCUT2D eigenvalue weighted by Gasteiger charge is 2.36. The van der Waals surface area contributed by atoms with Crippen molar-refractivity contribution in [3.8, 4) is 5.75 Å². The largest absolute Gasteiger partial charge is 0.530 e. The first-order valence-electron chi connectivity index (χ1n) is 9.34. The first-order chi connectivity index (χ1) is 14.4. The fraction of sp³-hybridized carbons (Fsp3) is 0.368. The second-order valence-corrected chi connectivity index (χ2v) is 8.55. The standard InChI is InChI=1S/C19H21N2O8P/c1-12-9-21(19(24)20-18(12)23)17-5-3-15(28-17)11-27-30(25)26-10-14-8-13(6-7-22)2-4-16(14)29-30/h2-5,8-9,15,17,22H,6-7,10-11H2,1H3,(H,20,23,24)/t15-,17+,30?/m0/s1. The van der Waals surface area contributed by atoms with Crippen molar-refractivity contribution in [2.75, 3.05) is 13.2 Å². The molecule has 4 rings (SSSR count). The molecule has 11 heteroatoms. The van der Waals surface area contributed by atoms with Gasteiger partial charge in [-0.05, 0) is 37.1 Å². The van der Waals surface area contributed by atoms with Crippen LogP contribution in [0.15, 0.2) is 46.1 Å². The maximum atomic E-state index is 12.8. The molecule has 3 atom stereocenters. The lowest BCUT2D eigenvalue weighted by molar-refractivity contribution is -0.0130. The Kier molecular flexibility index (Phi) is 5.77. The number of hydrogen-bond acceptors (Lipinski definition) is 8. The van der Waals surface area contributed by atoms with E-state index in [2.05, 4.69) is 4.98 Å². The van der Waals surface area contributed by atoms with Crippen LogP contribution in [0, 0.1) is 6.92 Å². The molecule has 2 N–H and O–H groups in total. The van der Waals surface area contributed by atoms with Gasteiger partial charge in [0, 0.05) is 23.9 Å². The van der Waals surface area contributed by atoms with E-state index in [9.17, 15) is 14.2 Å². The lowest BCUT2D eigenvalue weighted by Crippen LogP contribution is -2.33. The smallest absolute Gasteiger partial charge is 0.404 e. The zero-order chi connectivity index (χ0) is 21.3. The number of phosphoric acid groups is 1. The molecule has 0 saturated heterocycles. The summed E-state index contributed by atoms with van der Waals surface area (Å²) in [5.41, 5.74) is 0.975. The Labute approximate surface area is 171 Å². The van der Waals surface area contributed by atoms with E-state index in [1.54, 1.807) is 31.2 Å². The first kappa shape index (κ1) is 20.8. The Morgan fingerprint density at radius 3 is 2.97 bits per heavy atom. The lowest BCUT2D eigenvalue weighted by atomic mass is 10.1. The van der Waals surface area contributed by atoms with Crippen LogP contribution in [0.5, 0.6) is 5.75 Å². The van der Waals surface area contributed by atoms with Gasteiger partial charge in [0.1, 0.15) is 11.9 Å². The molecule has 0 saturated carbocycles. The molecule has 0 fully saturated rings. The second kappa shape index (κ2) is 8.33. The zero-order valence-corrected chi connectivity index (χ0v) is 17.0. The molecule has 160 valence electrons. The van der Waals surface area contributed by atoms with Crippen molar-refractivity contribution < 1.29 is 28.0 Å². The fourth-order valence-corrected chi connectivity index (χ4v) is 4.39. The Morgan fingerprint density at radius 1 is 1.33 bits per heavy atom. The molecule has 1 unspecified atom stereocenters. The van der Waals surface area contributed by atoms with Crippen LogP contribution in [0.25, 0.3) is 0 Å². The monoisotopic (exact) mass is 436 g/mol. The van der Waals surface area contributed by atoms with E-state index in [0.717, 1.165) is 11.1 Å². The van der Waals surface area contributed by atoms with Crippen LogP contribution >= 0.6 is 7.82 Å². The molecule has 0 bridgehead atoms. The highest BCUT2D eigenvalue weighted by Crippen LogP contribution is 2.54. The number of benzene rings is 1. The average Bonchev–Trinajstić information content (AvgIpc) is 3.19. The molecule has 1 aromatic carbocycles. The number of ether oxygens (including phenoxy) is 1. The van der Waals surface area contributed by atoms with E-state index < -0.39 is 31.4 Å². The summed E-state index contributed by atoms with van der Waals surface area (Å²) in [6.45, 7) is 1.56. The minimum absolute atomic E-state index is 0.0305. The van der Waals surface area contributed by atoms with E-state index in [-0.39, 0.29) is 19.8 Å². The maximum Gasteiger partial charge on any atom is 0.530 e. The van der Waals surface area contributed by atoms with E-state index in [1.165, 1.54) is 10.8 Å². The molecule has 2 aliphatic heterocycles. The molecule has 1 aromatic heterocycles. The van der Waals surface area contributed by atoms with Gasteiger partial charge < -0.3 is 14.4 Å². The Hall–Kier alpha value is -2.49. The fourth-order valence-electron chi connectivity index (χ4n) is 3.16. The Balaban J connectivity index is 1.37. The number of aliphatic hydroxyl groups excluding tert-OH is 1. The van der Waals surface area contributed by atoms with Crippen LogP contribution in [-0.4, -0.2) is 34.0 Å². The summed E-state index contributed by atoms with van der Waals surface area (Å²) in [6, 6.07) is 5.28. The van der Waals surface area contributed by atoms with Crippen LogP contribution < -0.4 is 15.8 Å².